The van der Waals surface area contributed by atoms with Crippen molar-refractivity contribution < 1.29 is 14.3 Å². The van der Waals surface area contributed by atoms with Crippen molar-refractivity contribution in [2.24, 2.45) is 0 Å². The fourth-order valence-corrected chi connectivity index (χ4v) is 4.10. The van der Waals surface area contributed by atoms with Crippen molar-refractivity contribution in [2.45, 2.75) is 20.5 Å². The molecule has 180 valence electrons. The zero-order chi connectivity index (χ0) is 25.7. The summed E-state index contributed by atoms with van der Waals surface area (Å²) in [5.74, 6) is 0.294. The molecule has 4 aromatic rings. The Kier molecular flexibility index (Phi) is 7.58. The highest BCUT2D eigenvalue weighted by Gasteiger charge is 2.15. The number of aryl methyl sites for hydroxylation is 2. The normalized spacial score (nSPS) is 11.1. The summed E-state index contributed by atoms with van der Waals surface area (Å²) in [5, 5.41) is 15.0. The van der Waals surface area contributed by atoms with Crippen LogP contribution in [0.25, 0.3) is 16.8 Å². The number of nitrogens with zero attached hydrogens (tertiary/aromatic N) is 1. The van der Waals surface area contributed by atoms with Gasteiger partial charge >= 0.3 is 0 Å². The van der Waals surface area contributed by atoms with Gasteiger partial charge in [0.05, 0.1) is 12.1 Å². The van der Waals surface area contributed by atoms with Crippen LogP contribution in [0.5, 0.6) is 11.5 Å². The number of carbonyl (C=O) groups is 1. The summed E-state index contributed by atoms with van der Waals surface area (Å²) in [6, 6.07) is 25.3. The summed E-state index contributed by atoms with van der Waals surface area (Å²) in [6.45, 7) is 4.14. The molecule has 0 saturated carbocycles. The molecule has 4 rings (SSSR count). The van der Waals surface area contributed by atoms with Crippen LogP contribution in [0.4, 0.5) is 5.69 Å². The number of hydrogen-bond acceptors (Lipinski definition) is 4. The van der Waals surface area contributed by atoms with Crippen molar-refractivity contribution in [3.05, 3.63) is 106 Å². The van der Waals surface area contributed by atoms with Crippen molar-refractivity contribution in [1.82, 2.24) is 0 Å². The van der Waals surface area contributed by atoms with Crippen LogP contribution in [0.1, 0.15) is 22.3 Å². The molecular weight excluding hydrogens is 472 g/mol. The summed E-state index contributed by atoms with van der Waals surface area (Å²) in [6.07, 6.45) is 1.47. The van der Waals surface area contributed by atoms with E-state index in [1.807, 2.05) is 62.4 Å². The van der Waals surface area contributed by atoms with Gasteiger partial charge in [-0.2, -0.15) is 5.26 Å². The zero-order valence-corrected chi connectivity index (χ0v) is 21.0. The molecule has 0 radical (unpaired) electrons. The number of ether oxygens (including phenoxy) is 2. The molecule has 5 nitrogen and oxygen atoms in total. The van der Waals surface area contributed by atoms with Gasteiger partial charge in [-0.15, -0.1) is 0 Å². The minimum Gasteiger partial charge on any atom is -0.493 e. The van der Waals surface area contributed by atoms with Gasteiger partial charge in [0.25, 0.3) is 5.91 Å². The number of amides is 1. The second kappa shape index (κ2) is 11.0. The van der Waals surface area contributed by atoms with E-state index < -0.39 is 5.91 Å². The van der Waals surface area contributed by atoms with Crippen LogP contribution in [-0.4, -0.2) is 13.0 Å². The van der Waals surface area contributed by atoms with Crippen LogP contribution in [0.15, 0.2) is 78.4 Å². The van der Waals surface area contributed by atoms with Crippen LogP contribution in [0.2, 0.25) is 5.02 Å². The molecule has 0 bridgehead atoms. The zero-order valence-electron chi connectivity index (χ0n) is 20.3. The van der Waals surface area contributed by atoms with Crippen molar-refractivity contribution in [3.63, 3.8) is 0 Å². The molecule has 0 spiro atoms. The van der Waals surface area contributed by atoms with Gasteiger partial charge in [0.2, 0.25) is 0 Å². The molecule has 0 heterocycles. The van der Waals surface area contributed by atoms with Crippen LogP contribution < -0.4 is 14.8 Å². The summed E-state index contributed by atoms with van der Waals surface area (Å²) < 4.78 is 11.5. The van der Waals surface area contributed by atoms with Gasteiger partial charge in [0, 0.05) is 5.69 Å². The standard InChI is InChI=1S/C30H25ClN2O3/c1-19-8-9-20(2)27(12-19)33-30(34)25(17-32)14-22-15-26(31)29(28(16-22)35-3)36-18-21-10-11-23-6-4-5-7-24(23)13-21/h4-16H,18H2,1-3H3,(H,33,34)/b25-14+. The fraction of sp³-hybridized carbons (Fsp3) is 0.133. The molecule has 0 atom stereocenters. The average Bonchev–Trinajstić information content (AvgIpc) is 2.88. The van der Waals surface area contributed by atoms with E-state index in [-0.39, 0.29) is 5.57 Å². The first-order chi connectivity index (χ1) is 17.4. The van der Waals surface area contributed by atoms with E-state index >= 15 is 0 Å². The summed E-state index contributed by atoms with van der Waals surface area (Å²) >= 11 is 6.53. The highest BCUT2D eigenvalue weighted by molar-refractivity contribution is 6.32. The van der Waals surface area contributed by atoms with Crippen molar-refractivity contribution in [1.29, 1.82) is 5.26 Å². The van der Waals surface area contributed by atoms with Gasteiger partial charge in [0.1, 0.15) is 18.2 Å². The van der Waals surface area contributed by atoms with Gasteiger partial charge in [-0.1, -0.05) is 60.1 Å². The molecule has 6 heteroatoms. The monoisotopic (exact) mass is 496 g/mol. The topological polar surface area (TPSA) is 71.3 Å². The molecule has 0 fully saturated rings. The van der Waals surface area contributed by atoms with Gasteiger partial charge in [-0.05, 0) is 77.2 Å². The second-order valence-electron chi connectivity index (χ2n) is 8.45. The van der Waals surface area contributed by atoms with E-state index in [2.05, 4.69) is 23.5 Å². The molecule has 0 unspecified atom stereocenters. The smallest absolute Gasteiger partial charge is 0.266 e. The Bertz CT molecular complexity index is 1520. The molecule has 0 aliphatic heterocycles. The Balaban J connectivity index is 1.55. The fourth-order valence-electron chi connectivity index (χ4n) is 3.82. The number of methoxy groups -OCH3 is 1. The Morgan fingerprint density at radius 1 is 1.03 bits per heavy atom. The van der Waals surface area contributed by atoms with E-state index in [0.717, 1.165) is 27.5 Å². The number of benzene rings is 4. The average molecular weight is 497 g/mol. The third-order valence-corrected chi connectivity index (χ3v) is 6.05. The number of hydrogen-bond donors (Lipinski definition) is 1. The maximum atomic E-state index is 12.8. The van der Waals surface area contributed by atoms with E-state index in [1.54, 1.807) is 12.1 Å². The van der Waals surface area contributed by atoms with E-state index in [1.165, 1.54) is 13.2 Å². The summed E-state index contributed by atoms with van der Waals surface area (Å²) in [5.41, 5.74) is 4.05. The van der Waals surface area contributed by atoms with Crippen LogP contribution in [-0.2, 0) is 11.4 Å². The van der Waals surface area contributed by atoms with E-state index in [0.29, 0.717) is 34.4 Å². The SMILES string of the molecule is COc1cc(/C=C(\C#N)C(=O)Nc2cc(C)ccc2C)cc(Cl)c1OCc1ccc2ccccc2c1. The number of anilines is 1. The maximum Gasteiger partial charge on any atom is 0.266 e. The third-order valence-electron chi connectivity index (χ3n) is 5.77. The number of nitriles is 1. The number of halogens is 1. The molecule has 36 heavy (non-hydrogen) atoms. The van der Waals surface area contributed by atoms with Gasteiger partial charge < -0.3 is 14.8 Å². The number of nitrogens with one attached hydrogen (secondary N) is 1. The predicted molar refractivity (Wildman–Crippen MR) is 144 cm³/mol. The van der Waals surface area contributed by atoms with Gasteiger partial charge in [-0.3, -0.25) is 4.79 Å². The molecule has 0 aliphatic rings. The molecule has 1 amide bonds. The predicted octanol–water partition coefficient (Wildman–Crippen LogP) is 7.24. The quantitative estimate of drug-likeness (QED) is 0.216. The van der Waals surface area contributed by atoms with Crippen LogP contribution in [0, 0.1) is 25.2 Å². The van der Waals surface area contributed by atoms with E-state index in [4.69, 9.17) is 21.1 Å². The molecule has 4 aromatic carbocycles. The minimum absolute atomic E-state index is 0.0566. The number of fused-ring (bicyclic) bond motifs is 1. The molecule has 0 aromatic heterocycles. The molecular formula is C30H25ClN2O3. The van der Waals surface area contributed by atoms with Crippen LogP contribution in [0.3, 0.4) is 0 Å². The summed E-state index contributed by atoms with van der Waals surface area (Å²) in [4.78, 5) is 12.8. The van der Waals surface area contributed by atoms with Gasteiger partial charge in [-0.25, -0.2) is 0 Å². The molecule has 0 saturated heterocycles. The Labute approximate surface area is 215 Å². The maximum absolute atomic E-state index is 12.8. The largest absolute Gasteiger partial charge is 0.493 e. The Morgan fingerprint density at radius 3 is 2.56 bits per heavy atom. The summed E-state index contributed by atoms with van der Waals surface area (Å²) in [7, 11) is 1.51. The van der Waals surface area contributed by atoms with Crippen LogP contribution >= 0.6 is 11.6 Å². The van der Waals surface area contributed by atoms with Crippen molar-refractivity contribution >= 4 is 40.0 Å². The molecule has 0 aliphatic carbocycles. The Morgan fingerprint density at radius 2 is 1.81 bits per heavy atom. The lowest BCUT2D eigenvalue weighted by Gasteiger charge is -2.14. The number of carbonyl (C=O) groups excluding carboxylic acids is 1. The number of rotatable bonds is 7. The highest BCUT2D eigenvalue weighted by atomic mass is 35.5. The first-order valence-corrected chi connectivity index (χ1v) is 11.7. The Hall–Kier alpha value is -4.27. The second-order valence-corrected chi connectivity index (χ2v) is 8.85. The van der Waals surface area contributed by atoms with E-state index in [9.17, 15) is 10.1 Å². The van der Waals surface area contributed by atoms with Gasteiger partial charge in [0.15, 0.2) is 11.5 Å². The lowest BCUT2D eigenvalue weighted by atomic mass is 10.1. The van der Waals surface area contributed by atoms with Crippen molar-refractivity contribution in [3.8, 4) is 17.6 Å². The molecule has 1 N–H and O–H groups in total. The van der Waals surface area contributed by atoms with Crippen molar-refractivity contribution in [2.75, 3.05) is 12.4 Å². The third kappa shape index (κ3) is 5.68. The lowest BCUT2D eigenvalue weighted by Crippen LogP contribution is -2.14. The highest BCUT2D eigenvalue weighted by Crippen LogP contribution is 2.37. The lowest BCUT2D eigenvalue weighted by molar-refractivity contribution is -0.112. The first kappa shape index (κ1) is 24.8. The minimum atomic E-state index is -0.502. The first-order valence-electron chi connectivity index (χ1n) is 11.4.